The standard InChI is InChI=1S/C4H5BN/c1-2-5-4-6-3-1/h1-5H/q-1/p+1. The summed E-state index contributed by atoms with van der Waals surface area (Å²) in [7, 11) is 0. The molecule has 0 fully saturated rings. The van der Waals surface area contributed by atoms with Crippen LogP contribution < -0.4 is 4.98 Å². The van der Waals surface area contributed by atoms with Crippen LogP contribution in [0, 0.1) is 0 Å². The van der Waals surface area contributed by atoms with E-state index in [4.69, 9.17) is 0 Å². The fourth-order valence-electron chi connectivity index (χ4n) is 0.406. The van der Waals surface area contributed by atoms with Crippen molar-refractivity contribution >= 4 is 6.91 Å². The zero-order valence-electron chi connectivity index (χ0n) is 3.52. The van der Waals surface area contributed by atoms with Gasteiger partial charge in [-0.2, -0.15) is 0 Å². The quantitative estimate of drug-likeness (QED) is 0.400. The average molecular weight is 78.9 g/mol. The van der Waals surface area contributed by atoms with Gasteiger partial charge in [-0.3, -0.25) is 10.9 Å². The summed E-state index contributed by atoms with van der Waals surface area (Å²) in [5.74, 6) is 2.09. The topological polar surface area (TPSA) is 14.1 Å². The zero-order chi connectivity index (χ0) is 4.24. The Hall–Kier alpha value is -0.655. The Morgan fingerprint density at radius 2 is 2.50 bits per heavy atom. The molecule has 1 aromatic heterocycles. The molecule has 1 aromatic rings. The van der Waals surface area contributed by atoms with Gasteiger partial charge in [-0.1, -0.05) is 13.0 Å². The van der Waals surface area contributed by atoms with E-state index in [2.05, 4.69) is 10.9 Å². The molecule has 1 heterocycles. The molecule has 0 amide bonds. The Balaban J connectivity index is 3.00. The van der Waals surface area contributed by atoms with Crippen LogP contribution in [0.5, 0.6) is 0 Å². The Kier molecular flexibility index (Phi) is 1.00. The van der Waals surface area contributed by atoms with Gasteiger partial charge in [0.25, 0.3) is 0 Å². The Morgan fingerprint density at radius 1 is 1.50 bits per heavy atom. The van der Waals surface area contributed by atoms with Crippen molar-refractivity contribution in [1.29, 1.82) is 0 Å². The van der Waals surface area contributed by atoms with E-state index in [1.165, 1.54) is 0 Å². The number of aromatic amines is 1. The van der Waals surface area contributed by atoms with Crippen molar-refractivity contribution in [3.05, 3.63) is 24.3 Å². The molecule has 0 aliphatic carbocycles. The third-order valence-corrected chi connectivity index (χ3v) is 0.700. The number of H-pyrrole nitrogens is 1. The Bertz CT molecular complexity index is 79.5. The lowest BCUT2D eigenvalue weighted by Crippen LogP contribution is -1.97. The molecule has 2 heteroatoms. The molecule has 0 saturated heterocycles. The molecule has 0 aromatic carbocycles. The monoisotopic (exact) mass is 79.1 g/mol. The first-order valence-electron chi connectivity index (χ1n) is 2.06. The number of hydrogen-bond donors (Lipinski definition) is 0. The number of nitrogens with one attached hydrogen (secondary N) is 1. The summed E-state index contributed by atoms with van der Waals surface area (Å²) in [4.78, 5) is 2.95. The van der Waals surface area contributed by atoms with Gasteiger partial charge in [-0.15, -0.1) is 0 Å². The molecule has 0 bridgehead atoms. The number of rotatable bonds is 0. The summed E-state index contributed by atoms with van der Waals surface area (Å²) in [5, 5.41) is 0. The molecule has 1 N–H and O–H groups in total. The highest BCUT2D eigenvalue weighted by atomic mass is 14.6. The van der Waals surface area contributed by atoms with Crippen molar-refractivity contribution in [3.63, 3.8) is 0 Å². The minimum Gasteiger partial charge on any atom is -0.261 e. The summed E-state index contributed by atoms with van der Waals surface area (Å²) < 4.78 is 0. The van der Waals surface area contributed by atoms with Crippen molar-refractivity contribution < 1.29 is 4.98 Å². The second kappa shape index (κ2) is 1.70. The minimum absolute atomic E-state index is 1.05. The molecule has 1 rings (SSSR count). The second-order valence-electron chi connectivity index (χ2n) is 1.20. The van der Waals surface area contributed by atoms with Crippen LogP contribution in [0.15, 0.2) is 24.3 Å². The molecule has 0 aliphatic rings. The minimum atomic E-state index is 1.05. The maximum atomic E-state index is 2.95. The lowest BCUT2D eigenvalue weighted by atomic mass is 10.0. The third-order valence-electron chi connectivity index (χ3n) is 0.700. The SMILES string of the molecule is [bH-]1ccc[nH+]c1. The van der Waals surface area contributed by atoms with Gasteiger partial charge < -0.3 is 0 Å². The van der Waals surface area contributed by atoms with E-state index < -0.39 is 0 Å². The average Bonchev–Trinajstić information content (AvgIpc) is 1.72. The highest BCUT2D eigenvalue weighted by Gasteiger charge is 1.56. The first kappa shape index (κ1) is 3.53. The summed E-state index contributed by atoms with van der Waals surface area (Å²) >= 11 is 0. The van der Waals surface area contributed by atoms with E-state index in [-0.39, 0.29) is 0 Å². The highest BCUT2D eigenvalue weighted by Crippen LogP contribution is 1.59. The molecule has 0 radical (unpaired) electrons. The van der Waals surface area contributed by atoms with Gasteiger partial charge in [-0.25, -0.2) is 0 Å². The van der Waals surface area contributed by atoms with Crippen LogP contribution in [0.2, 0.25) is 0 Å². The molecule has 30 valence electrons. The van der Waals surface area contributed by atoms with Crippen LogP contribution >= 0.6 is 0 Å². The molecule has 0 atom stereocenters. The Morgan fingerprint density at radius 3 is 2.67 bits per heavy atom. The highest BCUT2D eigenvalue weighted by molar-refractivity contribution is 6.25. The van der Waals surface area contributed by atoms with E-state index in [9.17, 15) is 0 Å². The zero-order valence-corrected chi connectivity index (χ0v) is 3.52. The van der Waals surface area contributed by atoms with Gasteiger partial charge in [0.05, 0.1) is 0 Å². The van der Waals surface area contributed by atoms with Crippen molar-refractivity contribution in [2.24, 2.45) is 0 Å². The first-order chi connectivity index (χ1) is 3.00. The molecule has 0 saturated carbocycles. The van der Waals surface area contributed by atoms with Gasteiger partial charge >= 0.3 is 0 Å². The predicted octanol–water partition coefficient (Wildman–Crippen LogP) is -0.429. The van der Waals surface area contributed by atoms with Crippen LogP contribution in [0.25, 0.3) is 0 Å². The first-order valence-corrected chi connectivity index (χ1v) is 2.06. The van der Waals surface area contributed by atoms with Crippen molar-refractivity contribution in [3.8, 4) is 0 Å². The van der Waals surface area contributed by atoms with Crippen LogP contribution in [0.3, 0.4) is 0 Å². The lowest BCUT2D eigenvalue weighted by molar-refractivity contribution is -0.374. The van der Waals surface area contributed by atoms with Gasteiger partial charge in [-0.05, 0) is 6.07 Å². The maximum absolute atomic E-state index is 2.95. The largest absolute Gasteiger partial charge is 0.261 e. The predicted molar refractivity (Wildman–Crippen MR) is 25.7 cm³/mol. The van der Waals surface area contributed by atoms with Crippen LogP contribution in [-0.2, 0) is 0 Å². The van der Waals surface area contributed by atoms with Gasteiger partial charge in [0.2, 0.25) is 0 Å². The second-order valence-corrected chi connectivity index (χ2v) is 1.20. The van der Waals surface area contributed by atoms with E-state index in [0.29, 0.717) is 0 Å². The van der Waals surface area contributed by atoms with Crippen LogP contribution in [0.4, 0.5) is 0 Å². The summed E-state index contributed by atoms with van der Waals surface area (Å²) in [6.45, 7) is 1.05. The summed E-state index contributed by atoms with van der Waals surface area (Å²) in [6.07, 6.45) is 3.91. The van der Waals surface area contributed by atoms with Crippen LogP contribution in [-0.4, -0.2) is 6.91 Å². The molecule has 0 aliphatic heterocycles. The molecule has 1 nitrogen and oxygen atoms in total. The molecule has 6 heavy (non-hydrogen) atoms. The number of hydrogen-bond acceptors (Lipinski definition) is 0. The number of aromatic nitrogens is 1. The maximum Gasteiger partial charge on any atom is 0.159 e. The summed E-state index contributed by atoms with van der Waals surface area (Å²) in [5.41, 5.74) is 0. The molecular formula is C4H6BN. The van der Waals surface area contributed by atoms with E-state index >= 15 is 0 Å². The third kappa shape index (κ3) is 0.644. The van der Waals surface area contributed by atoms with Gasteiger partial charge in [0, 0.05) is 0 Å². The van der Waals surface area contributed by atoms with Crippen molar-refractivity contribution in [2.75, 3.05) is 0 Å². The molecular weight excluding hydrogens is 72.9 g/mol. The van der Waals surface area contributed by atoms with Gasteiger partial charge in [0.15, 0.2) is 6.20 Å². The van der Waals surface area contributed by atoms with E-state index in [1.54, 1.807) is 0 Å². The summed E-state index contributed by atoms with van der Waals surface area (Å²) in [6, 6.07) is 2.00. The van der Waals surface area contributed by atoms with Crippen molar-refractivity contribution in [1.82, 2.24) is 0 Å². The fourth-order valence-corrected chi connectivity index (χ4v) is 0.406. The van der Waals surface area contributed by atoms with Crippen LogP contribution in [0.1, 0.15) is 0 Å². The lowest BCUT2D eigenvalue weighted by Gasteiger charge is -1.73. The smallest absolute Gasteiger partial charge is 0.159 e. The van der Waals surface area contributed by atoms with Crippen molar-refractivity contribution in [2.45, 2.75) is 0 Å². The van der Waals surface area contributed by atoms with E-state index in [0.717, 1.165) is 6.91 Å². The fraction of sp³-hybridized carbons (Fsp3) is 0. The normalized spacial score (nSPS) is 8.00. The van der Waals surface area contributed by atoms with E-state index in [1.807, 2.05) is 18.4 Å². The molecule has 0 spiro atoms. The molecule has 0 unspecified atom stereocenters. The van der Waals surface area contributed by atoms with Gasteiger partial charge in [0.1, 0.15) is 0 Å². The Labute approximate surface area is 37.3 Å².